The van der Waals surface area contributed by atoms with Crippen LogP contribution in [-0.2, 0) is 10.5 Å². The number of carboxylic acid groups (broad SMARTS) is 1. The lowest BCUT2D eigenvalue weighted by Crippen LogP contribution is -2.32. The van der Waals surface area contributed by atoms with Crippen molar-refractivity contribution in [1.82, 2.24) is 0 Å². The highest BCUT2D eigenvalue weighted by atomic mass is 32.2. The number of ether oxygens (including phenoxy) is 1. The fourth-order valence-electron chi connectivity index (χ4n) is 1.20. The zero-order valence-electron chi connectivity index (χ0n) is 9.38. The van der Waals surface area contributed by atoms with E-state index in [-0.39, 0.29) is 11.5 Å². The topological polar surface area (TPSA) is 72.5 Å². The Hall–Kier alpha value is -1.34. The van der Waals surface area contributed by atoms with Crippen LogP contribution in [0.15, 0.2) is 24.3 Å². The maximum Gasteiger partial charge on any atom is 0.387 e. The fraction of sp³-hybridized carbons (Fsp3) is 0.364. The minimum absolute atomic E-state index is 0.101. The van der Waals surface area contributed by atoms with Gasteiger partial charge in [-0.3, -0.25) is 4.79 Å². The smallest absolute Gasteiger partial charge is 0.387 e. The lowest BCUT2D eigenvalue weighted by atomic mass is 10.2. The number of para-hydroxylation sites is 1. The number of aliphatic carboxylic acids is 1. The van der Waals surface area contributed by atoms with Crippen molar-refractivity contribution < 1.29 is 23.4 Å². The van der Waals surface area contributed by atoms with Crippen molar-refractivity contribution >= 4 is 17.7 Å². The summed E-state index contributed by atoms with van der Waals surface area (Å²) in [5, 5.41) is 8.59. The van der Waals surface area contributed by atoms with Crippen LogP contribution in [0.2, 0.25) is 0 Å². The van der Waals surface area contributed by atoms with Crippen LogP contribution in [0.5, 0.6) is 5.75 Å². The second kappa shape index (κ2) is 7.17. The first-order valence-corrected chi connectivity index (χ1v) is 6.25. The SMILES string of the molecule is N[C@@H](CSCc1ccccc1OC(F)F)C(=O)O. The van der Waals surface area contributed by atoms with Gasteiger partial charge in [-0.25, -0.2) is 0 Å². The molecule has 1 aromatic carbocycles. The molecule has 4 nitrogen and oxygen atoms in total. The van der Waals surface area contributed by atoms with Gasteiger partial charge in [-0.2, -0.15) is 20.5 Å². The third-order valence-corrected chi connectivity index (χ3v) is 3.17. The molecular weight excluding hydrogens is 264 g/mol. The van der Waals surface area contributed by atoms with Crippen molar-refractivity contribution in [2.24, 2.45) is 5.73 Å². The fourth-order valence-corrected chi connectivity index (χ4v) is 2.17. The van der Waals surface area contributed by atoms with Gasteiger partial charge in [0.05, 0.1) is 0 Å². The Bertz CT molecular complexity index is 404. The van der Waals surface area contributed by atoms with Gasteiger partial charge in [-0.05, 0) is 6.07 Å². The molecule has 1 aromatic rings. The van der Waals surface area contributed by atoms with E-state index in [4.69, 9.17) is 10.8 Å². The molecule has 0 fully saturated rings. The van der Waals surface area contributed by atoms with E-state index >= 15 is 0 Å². The molecule has 0 amide bonds. The minimum atomic E-state index is -2.88. The molecule has 18 heavy (non-hydrogen) atoms. The second-order valence-electron chi connectivity index (χ2n) is 3.45. The van der Waals surface area contributed by atoms with Gasteiger partial charge in [-0.15, -0.1) is 0 Å². The Kier molecular flexibility index (Phi) is 5.87. The van der Waals surface area contributed by atoms with Gasteiger partial charge in [0.1, 0.15) is 11.8 Å². The summed E-state index contributed by atoms with van der Waals surface area (Å²) in [5.41, 5.74) is 5.91. The highest BCUT2D eigenvalue weighted by molar-refractivity contribution is 7.98. The number of alkyl halides is 2. The van der Waals surface area contributed by atoms with Crippen molar-refractivity contribution in [3.8, 4) is 5.75 Å². The first-order valence-electron chi connectivity index (χ1n) is 5.09. The number of halogens is 2. The van der Waals surface area contributed by atoms with E-state index in [1.165, 1.54) is 17.8 Å². The van der Waals surface area contributed by atoms with Crippen LogP contribution in [0.25, 0.3) is 0 Å². The highest BCUT2D eigenvalue weighted by Crippen LogP contribution is 2.24. The monoisotopic (exact) mass is 277 g/mol. The average Bonchev–Trinajstić information content (AvgIpc) is 2.30. The zero-order chi connectivity index (χ0) is 13.5. The van der Waals surface area contributed by atoms with Crippen LogP contribution in [0.4, 0.5) is 8.78 Å². The molecule has 0 aliphatic rings. The number of carboxylic acids is 1. The molecule has 1 atom stereocenters. The molecule has 0 aromatic heterocycles. The maximum atomic E-state index is 12.1. The summed E-state index contributed by atoms with van der Waals surface area (Å²) in [7, 11) is 0. The summed E-state index contributed by atoms with van der Waals surface area (Å²) >= 11 is 1.25. The van der Waals surface area contributed by atoms with Crippen molar-refractivity contribution in [3.63, 3.8) is 0 Å². The van der Waals surface area contributed by atoms with E-state index in [1.54, 1.807) is 18.2 Å². The molecule has 1 rings (SSSR count). The summed E-state index contributed by atoms with van der Waals surface area (Å²) in [6.45, 7) is -2.88. The Balaban J connectivity index is 2.53. The lowest BCUT2D eigenvalue weighted by Gasteiger charge is -2.11. The number of hydrogen-bond acceptors (Lipinski definition) is 4. The van der Waals surface area contributed by atoms with Crippen LogP contribution < -0.4 is 10.5 Å². The van der Waals surface area contributed by atoms with E-state index < -0.39 is 18.6 Å². The number of carbonyl (C=O) groups is 1. The third-order valence-electron chi connectivity index (χ3n) is 2.06. The van der Waals surface area contributed by atoms with Gasteiger partial charge in [0.25, 0.3) is 0 Å². The molecule has 7 heteroatoms. The van der Waals surface area contributed by atoms with Gasteiger partial charge in [0.2, 0.25) is 0 Å². The third kappa shape index (κ3) is 4.89. The Labute approximate surface area is 107 Å². The highest BCUT2D eigenvalue weighted by Gasteiger charge is 2.13. The maximum absolute atomic E-state index is 12.1. The van der Waals surface area contributed by atoms with Gasteiger partial charge in [-0.1, -0.05) is 18.2 Å². The molecule has 0 aliphatic heterocycles. The van der Waals surface area contributed by atoms with Crippen molar-refractivity contribution in [3.05, 3.63) is 29.8 Å². The number of nitrogens with two attached hydrogens (primary N) is 1. The number of benzene rings is 1. The molecule has 0 saturated heterocycles. The lowest BCUT2D eigenvalue weighted by molar-refractivity contribution is -0.137. The predicted molar refractivity (Wildman–Crippen MR) is 64.8 cm³/mol. The van der Waals surface area contributed by atoms with Gasteiger partial charge in [0.15, 0.2) is 0 Å². The quantitative estimate of drug-likeness (QED) is 0.796. The van der Waals surface area contributed by atoms with Crippen molar-refractivity contribution in [2.45, 2.75) is 18.4 Å². The molecule has 0 aliphatic carbocycles. The van der Waals surface area contributed by atoms with Crippen LogP contribution >= 0.6 is 11.8 Å². The Morgan fingerprint density at radius 1 is 1.44 bits per heavy atom. The van der Waals surface area contributed by atoms with Crippen LogP contribution in [-0.4, -0.2) is 29.5 Å². The number of rotatable bonds is 7. The second-order valence-corrected chi connectivity index (χ2v) is 4.48. The van der Waals surface area contributed by atoms with Crippen molar-refractivity contribution in [2.75, 3.05) is 5.75 Å². The van der Waals surface area contributed by atoms with E-state index in [2.05, 4.69) is 4.74 Å². The van der Waals surface area contributed by atoms with Gasteiger partial charge < -0.3 is 15.6 Å². The first-order chi connectivity index (χ1) is 8.50. The van der Waals surface area contributed by atoms with Crippen LogP contribution in [0, 0.1) is 0 Å². The molecule has 0 bridgehead atoms. The van der Waals surface area contributed by atoms with E-state index in [0.29, 0.717) is 11.3 Å². The predicted octanol–water partition coefficient (Wildman–Crippen LogP) is 1.93. The summed E-state index contributed by atoms with van der Waals surface area (Å²) in [6.07, 6.45) is 0. The minimum Gasteiger partial charge on any atom is -0.480 e. The van der Waals surface area contributed by atoms with Crippen LogP contribution in [0.1, 0.15) is 5.56 Å². The van der Waals surface area contributed by atoms with E-state index in [1.807, 2.05) is 0 Å². The van der Waals surface area contributed by atoms with Gasteiger partial charge >= 0.3 is 12.6 Å². The van der Waals surface area contributed by atoms with E-state index in [9.17, 15) is 13.6 Å². The molecule has 0 spiro atoms. The number of hydrogen-bond donors (Lipinski definition) is 2. The molecule has 0 heterocycles. The van der Waals surface area contributed by atoms with Crippen LogP contribution in [0.3, 0.4) is 0 Å². The normalized spacial score (nSPS) is 12.4. The zero-order valence-corrected chi connectivity index (χ0v) is 10.2. The Morgan fingerprint density at radius 3 is 2.72 bits per heavy atom. The number of thioether (sulfide) groups is 1. The first kappa shape index (κ1) is 14.7. The van der Waals surface area contributed by atoms with Crippen molar-refractivity contribution in [1.29, 1.82) is 0 Å². The summed E-state index contributed by atoms with van der Waals surface area (Å²) in [5.74, 6) is -0.411. The molecular formula is C11H13F2NO3S. The standard InChI is InChI=1S/C11H13F2NO3S/c12-11(13)17-9-4-2-1-3-7(9)5-18-6-8(14)10(15)16/h1-4,8,11H,5-6,14H2,(H,15,16)/t8-/m0/s1. The molecule has 0 saturated carbocycles. The Morgan fingerprint density at radius 2 is 2.11 bits per heavy atom. The van der Waals surface area contributed by atoms with Gasteiger partial charge in [0, 0.05) is 17.1 Å². The average molecular weight is 277 g/mol. The summed E-state index contributed by atoms with van der Waals surface area (Å²) in [6, 6.07) is 5.43. The molecule has 0 radical (unpaired) electrons. The summed E-state index contributed by atoms with van der Waals surface area (Å²) < 4.78 is 28.6. The molecule has 3 N–H and O–H groups in total. The largest absolute Gasteiger partial charge is 0.480 e. The summed E-state index contributed by atoms with van der Waals surface area (Å²) in [4.78, 5) is 10.5. The van der Waals surface area contributed by atoms with E-state index in [0.717, 1.165) is 0 Å². The molecule has 100 valence electrons. The molecule has 0 unspecified atom stereocenters.